The molecule has 4 nitrogen and oxygen atoms in total. The number of para-hydroxylation sites is 2. The molecule has 1 heterocycles. The molecule has 20 heavy (non-hydrogen) atoms. The number of carbonyl (C=O) groups excluding carboxylic acids is 1. The number of carbonyl (C=O) groups is 1. The molecule has 1 fully saturated rings. The third kappa shape index (κ3) is 2.89. The first-order chi connectivity index (χ1) is 9.72. The Morgan fingerprint density at radius 3 is 3.05 bits per heavy atom. The highest BCUT2D eigenvalue weighted by Crippen LogP contribution is 2.30. The summed E-state index contributed by atoms with van der Waals surface area (Å²) in [6.07, 6.45) is 3.86. The maximum atomic E-state index is 12.2. The van der Waals surface area contributed by atoms with E-state index in [1.807, 2.05) is 24.3 Å². The molecule has 0 spiro atoms. The molecule has 4 heteroatoms. The Morgan fingerprint density at radius 2 is 2.20 bits per heavy atom. The fourth-order valence-electron chi connectivity index (χ4n) is 2.97. The quantitative estimate of drug-likeness (QED) is 0.843. The molecule has 0 aromatic heterocycles. The van der Waals surface area contributed by atoms with Crippen LogP contribution in [-0.4, -0.2) is 24.7 Å². The van der Waals surface area contributed by atoms with Crippen molar-refractivity contribution in [2.75, 3.05) is 11.9 Å². The van der Waals surface area contributed by atoms with Gasteiger partial charge in [-0.3, -0.25) is 0 Å². The van der Waals surface area contributed by atoms with E-state index in [9.17, 15) is 4.79 Å². The van der Waals surface area contributed by atoms with E-state index in [1.54, 1.807) is 0 Å². The first kappa shape index (κ1) is 13.3. The van der Waals surface area contributed by atoms with Gasteiger partial charge in [0.05, 0.1) is 12.2 Å². The second kappa shape index (κ2) is 5.73. The van der Waals surface area contributed by atoms with Crippen LogP contribution in [0.15, 0.2) is 24.3 Å². The SMILES string of the molecule is CC1CCCC(OC(=O)C2CNc3ccccc3O2)C1. The maximum Gasteiger partial charge on any atom is 0.349 e. The third-order valence-corrected chi connectivity index (χ3v) is 4.07. The Hall–Kier alpha value is -1.71. The topological polar surface area (TPSA) is 47.6 Å². The highest BCUT2D eigenvalue weighted by molar-refractivity contribution is 5.78. The Kier molecular flexibility index (Phi) is 3.81. The lowest BCUT2D eigenvalue weighted by Crippen LogP contribution is -2.41. The van der Waals surface area contributed by atoms with E-state index in [4.69, 9.17) is 9.47 Å². The van der Waals surface area contributed by atoms with Crippen LogP contribution in [0.4, 0.5) is 5.69 Å². The van der Waals surface area contributed by atoms with E-state index < -0.39 is 6.10 Å². The molecule has 0 radical (unpaired) electrons. The number of anilines is 1. The fourth-order valence-corrected chi connectivity index (χ4v) is 2.97. The first-order valence-corrected chi connectivity index (χ1v) is 7.42. The summed E-state index contributed by atoms with van der Waals surface area (Å²) in [7, 11) is 0. The van der Waals surface area contributed by atoms with E-state index in [1.165, 1.54) is 6.42 Å². The van der Waals surface area contributed by atoms with Crippen LogP contribution in [0, 0.1) is 5.92 Å². The van der Waals surface area contributed by atoms with E-state index in [0.29, 0.717) is 12.5 Å². The number of esters is 1. The summed E-state index contributed by atoms with van der Waals surface area (Å²) in [5.74, 6) is 1.12. The Bertz CT molecular complexity index is 488. The monoisotopic (exact) mass is 275 g/mol. The fraction of sp³-hybridized carbons (Fsp3) is 0.562. The summed E-state index contributed by atoms with van der Waals surface area (Å²) >= 11 is 0. The van der Waals surface area contributed by atoms with Gasteiger partial charge in [0.25, 0.3) is 0 Å². The molecule has 1 aromatic rings. The normalized spacial score (nSPS) is 28.8. The van der Waals surface area contributed by atoms with Gasteiger partial charge < -0.3 is 14.8 Å². The molecule has 1 aliphatic heterocycles. The van der Waals surface area contributed by atoms with Gasteiger partial charge in [0.2, 0.25) is 6.10 Å². The molecular formula is C16H21NO3. The number of fused-ring (bicyclic) bond motifs is 1. The van der Waals surface area contributed by atoms with Gasteiger partial charge in [-0.2, -0.15) is 0 Å². The Balaban J connectivity index is 1.59. The van der Waals surface area contributed by atoms with Crippen LogP contribution in [0.5, 0.6) is 5.75 Å². The number of hydrogen-bond donors (Lipinski definition) is 1. The van der Waals surface area contributed by atoms with Gasteiger partial charge in [0.1, 0.15) is 11.9 Å². The molecule has 1 N–H and O–H groups in total. The average molecular weight is 275 g/mol. The molecule has 0 saturated heterocycles. The van der Waals surface area contributed by atoms with E-state index >= 15 is 0 Å². The first-order valence-electron chi connectivity index (χ1n) is 7.42. The maximum absolute atomic E-state index is 12.2. The molecule has 1 saturated carbocycles. The van der Waals surface area contributed by atoms with Crippen molar-refractivity contribution in [2.24, 2.45) is 5.92 Å². The summed E-state index contributed by atoms with van der Waals surface area (Å²) in [5.41, 5.74) is 0.933. The van der Waals surface area contributed by atoms with Crippen molar-refractivity contribution in [2.45, 2.75) is 44.8 Å². The highest BCUT2D eigenvalue weighted by Gasteiger charge is 2.30. The second-order valence-electron chi connectivity index (χ2n) is 5.81. The molecule has 1 aromatic carbocycles. The van der Waals surface area contributed by atoms with Crippen molar-refractivity contribution >= 4 is 11.7 Å². The molecule has 0 amide bonds. The van der Waals surface area contributed by atoms with Crippen LogP contribution in [0.2, 0.25) is 0 Å². The molecule has 3 atom stereocenters. The van der Waals surface area contributed by atoms with E-state index in [0.717, 1.165) is 30.7 Å². The van der Waals surface area contributed by atoms with Gasteiger partial charge in [0, 0.05) is 0 Å². The smallest absolute Gasteiger partial charge is 0.349 e. The van der Waals surface area contributed by atoms with Crippen molar-refractivity contribution in [1.82, 2.24) is 0 Å². The minimum atomic E-state index is -0.540. The summed E-state index contributed by atoms with van der Waals surface area (Å²) in [5, 5.41) is 3.21. The zero-order valence-corrected chi connectivity index (χ0v) is 11.8. The van der Waals surface area contributed by atoms with E-state index in [2.05, 4.69) is 12.2 Å². The molecule has 1 aliphatic carbocycles. The summed E-state index contributed by atoms with van der Waals surface area (Å²) in [4.78, 5) is 12.2. The van der Waals surface area contributed by atoms with Gasteiger partial charge in [-0.05, 0) is 37.3 Å². The molecule has 2 aliphatic rings. The lowest BCUT2D eigenvalue weighted by molar-refractivity contribution is -0.159. The largest absolute Gasteiger partial charge is 0.475 e. The zero-order chi connectivity index (χ0) is 13.9. The number of benzene rings is 1. The van der Waals surface area contributed by atoms with Gasteiger partial charge in [-0.1, -0.05) is 25.5 Å². The number of ether oxygens (including phenoxy) is 2. The van der Waals surface area contributed by atoms with Crippen LogP contribution < -0.4 is 10.1 Å². The van der Waals surface area contributed by atoms with Crippen molar-refractivity contribution in [1.29, 1.82) is 0 Å². The van der Waals surface area contributed by atoms with Crippen LogP contribution in [0.3, 0.4) is 0 Å². The number of rotatable bonds is 2. The third-order valence-electron chi connectivity index (χ3n) is 4.07. The van der Waals surface area contributed by atoms with Crippen LogP contribution >= 0.6 is 0 Å². The standard InChI is InChI=1S/C16H21NO3/c1-11-5-4-6-12(9-11)19-16(18)15-10-17-13-7-2-3-8-14(13)20-15/h2-3,7-8,11-12,15,17H,4-6,9-10H2,1H3. The predicted octanol–water partition coefficient (Wildman–Crippen LogP) is 2.98. The van der Waals surface area contributed by atoms with Gasteiger partial charge in [0.15, 0.2) is 0 Å². The molecule has 3 unspecified atom stereocenters. The molecule has 108 valence electrons. The van der Waals surface area contributed by atoms with E-state index in [-0.39, 0.29) is 12.1 Å². The van der Waals surface area contributed by atoms with Gasteiger partial charge >= 0.3 is 5.97 Å². The molecular weight excluding hydrogens is 254 g/mol. The summed E-state index contributed by atoms with van der Waals surface area (Å²) in [6, 6.07) is 7.65. The average Bonchev–Trinajstić information content (AvgIpc) is 2.47. The van der Waals surface area contributed by atoms with Crippen molar-refractivity contribution in [3.05, 3.63) is 24.3 Å². The highest BCUT2D eigenvalue weighted by atomic mass is 16.6. The summed E-state index contributed by atoms with van der Waals surface area (Å²) in [6.45, 7) is 2.69. The van der Waals surface area contributed by atoms with Crippen LogP contribution in [0.1, 0.15) is 32.6 Å². The number of hydrogen-bond acceptors (Lipinski definition) is 4. The second-order valence-corrected chi connectivity index (χ2v) is 5.81. The zero-order valence-electron chi connectivity index (χ0n) is 11.8. The minimum Gasteiger partial charge on any atom is -0.475 e. The lowest BCUT2D eigenvalue weighted by Gasteiger charge is -2.30. The van der Waals surface area contributed by atoms with Gasteiger partial charge in [-0.15, -0.1) is 0 Å². The lowest BCUT2D eigenvalue weighted by atomic mass is 9.89. The minimum absolute atomic E-state index is 0.0621. The molecule has 0 bridgehead atoms. The molecule has 3 rings (SSSR count). The Morgan fingerprint density at radius 1 is 1.35 bits per heavy atom. The van der Waals surface area contributed by atoms with Gasteiger partial charge in [-0.25, -0.2) is 4.79 Å². The van der Waals surface area contributed by atoms with Crippen molar-refractivity contribution in [3.8, 4) is 5.75 Å². The Labute approximate surface area is 119 Å². The van der Waals surface area contributed by atoms with Crippen molar-refractivity contribution in [3.63, 3.8) is 0 Å². The van der Waals surface area contributed by atoms with Crippen LogP contribution in [0.25, 0.3) is 0 Å². The van der Waals surface area contributed by atoms with Crippen LogP contribution in [-0.2, 0) is 9.53 Å². The summed E-state index contributed by atoms with van der Waals surface area (Å²) < 4.78 is 11.3. The van der Waals surface area contributed by atoms with Crippen molar-refractivity contribution < 1.29 is 14.3 Å². The number of nitrogens with one attached hydrogen (secondary N) is 1. The predicted molar refractivity (Wildman–Crippen MR) is 76.9 cm³/mol.